The molecule has 1 aromatic carbocycles. The molecule has 3 N–H and O–H groups in total. The van der Waals surface area contributed by atoms with Crippen LogP contribution in [0.1, 0.15) is 16.8 Å². The van der Waals surface area contributed by atoms with E-state index in [1.54, 1.807) is 0 Å². The molecule has 2 aromatic rings. The van der Waals surface area contributed by atoms with Gasteiger partial charge < -0.3 is 15.6 Å². The zero-order chi connectivity index (χ0) is 11.7. The van der Waals surface area contributed by atoms with Crippen molar-refractivity contribution in [1.82, 2.24) is 15.6 Å². The molecule has 1 saturated heterocycles. The molecular formula is C13H15N3O. The van der Waals surface area contributed by atoms with Gasteiger partial charge in [0.1, 0.15) is 0 Å². The van der Waals surface area contributed by atoms with Crippen LogP contribution in [0.2, 0.25) is 0 Å². The molecule has 0 unspecified atom stereocenters. The number of aromatic nitrogens is 1. The lowest BCUT2D eigenvalue weighted by atomic mass is 10.1. The third-order valence-electron chi connectivity index (χ3n) is 3.21. The summed E-state index contributed by atoms with van der Waals surface area (Å²) in [6, 6.07) is 7.96. The van der Waals surface area contributed by atoms with E-state index in [0.29, 0.717) is 0 Å². The summed E-state index contributed by atoms with van der Waals surface area (Å²) in [5, 5.41) is 7.35. The summed E-state index contributed by atoms with van der Waals surface area (Å²) in [6.07, 6.45) is 2.89. The van der Waals surface area contributed by atoms with Gasteiger partial charge in [-0.15, -0.1) is 0 Å². The van der Waals surface area contributed by atoms with Gasteiger partial charge >= 0.3 is 0 Å². The van der Waals surface area contributed by atoms with Crippen molar-refractivity contribution in [3.8, 4) is 0 Å². The van der Waals surface area contributed by atoms with Crippen LogP contribution in [0.5, 0.6) is 0 Å². The van der Waals surface area contributed by atoms with Crippen LogP contribution in [0, 0.1) is 0 Å². The first-order chi connectivity index (χ1) is 8.33. The lowest BCUT2D eigenvalue weighted by Crippen LogP contribution is -2.36. The van der Waals surface area contributed by atoms with Crippen molar-refractivity contribution >= 4 is 16.8 Å². The predicted molar refractivity (Wildman–Crippen MR) is 67.0 cm³/mol. The van der Waals surface area contributed by atoms with E-state index in [4.69, 9.17) is 0 Å². The fourth-order valence-electron chi connectivity index (χ4n) is 2.24. The number of benzene rings is 1. The van der Waals surface area contributed by atoms with E-state index in [-0.39, 0.29) is 11.9 Å². The number of nitrogens with one attached hydrogen (secondary N) is 3. The van der Waals surface area contributed by atoms with Gasteiger partial charge in [-0.3, -0.25) is 4.79 Å². The topological polar surface area (TPSA) is 56.9 Å². The number of amides is 1. The lowest BCUT2D eigenvalue weighted by molar-refractivity contribution is 0.0940. The second-order valence-electron chi connectivity index (χ2n) is 4.44. The summed E-state index contributed by atoms with van der Waals surface area (Å²) in [6.45, 7) is 1.86. The molecule has 1 amide bonds. The molecule has 1 aliphatic rings. The van der Waals surface area contributed by atoms with Gasteiger partial charge in [-0.05, 0) is 37.2 Å². The molecule has 0 bridgehead atoms. The zero-order valence-electron chi connectivity index (χ0n) is 9.49. The van der Waals surface area contributed by atoms with Gasteiger partial charge in [0.25, 0.3) is 5.91 Å². The molecule has 88 valence electrons. The van der Waals surface area contributed by atoms with Crippen LogP contribution in [-0.4, -0.2) is 30.0 Å². The fraction of sp³-hybridized carbons (Fsp3) is 0.308. The molecule has 2 heterocycles. The monoisotopic (exact) mass is 229 g/mol. The van der Waals surface area contributed by atoms with Crippen LogP contribution in [0.4, 0.5) is 0 Å². The third-order valence-corrected chi connectivity index (χ3v) is 3.21. The molecule has 4 heteroatoms. The molecule has 1 aliphatic heterocycles. The Bertz CT molecular complexity index is 540. The Morgan fingerprint density at radius 2 is 2.29 bits per heavy atom. The standard InChI is InChI=1S/C13H15N3O/c17-13(16-11-4-5-14-8-11)10-1-2-12-9(7-10)3-6-15-12/h1-3,6-7,11,14-15H,4-5,8H2,(H,16,17)/t11-/m0/s1. The number of H-pyrrole nitrogens is 1. The Morgan fingerprint density at radius 1 is 1.35 bits per heavy atom. The molecule has 3 rings (SSSR count). The van der Waals surface area contributed by atoms with Crippen molar-refractivity contribution in [2.75, 3.05) is 13.1 Å². The molecule has 1 atom stereocenters. The first-order valence-electron chi connectivity index (χ1n) is 5.92. The molecule has 0 aliphatic carbocycles. The van der Waals surface area contributed by atoms with Crippen molar-refractivity contribution < 1.29 is 4.79 Å². The highest BCUT2D eigenvalue weighted by Crippen LogP contribution is 2.14. The van der Waals surface area contributed by atoms with Crippen LogP contribution in [-0.2, 0) is 0 Å². The average molecular weight is 229 g/mol. The van der Waals surface area contributed by atoms with Gasteiger partial charge in [-0.25, -0.2) is 0 Å². The van der Waals surface area contributed by atoms with E-state index >= 15 is 0 Å². The van der Waals surface area contributed by atoms with Crippen molar-refractivity contribution in [3.63, 3.8) is 0 Å². The van der Waals surface area contributed by atoms with E-state index < -0.39 is 0 Å². The van der Waals surface area contributed by atoms with Crippen LogP contribution in [0.25, 0.3) is 10.9 Å². The summed E-state index contributed by atoms with van der Waals surface area (Å²) in [4.78, 5) is 15.1. The first-order valence-corrected chi connectivity index (χ1v) is 5.92. The maximum atomic E-state index is 12.0. The second-order valence-corrected chi connectivity index (χ2v) is 4.44. The lowest BCUT2D eigenvalue weighted by Gasteiger charge is -2.11. The number of carbonyl (C=O) groups excluding carboxylic acids is 1. The van der Waals surface area contributed by atoms with Crippen LogP contribution < -0.4 is 10.6 Å². The maximum absolute atomic E-state index is 12.0. The Kier molecular flexibility index (Phi) is 2.57. The SMILES string of the molecule is O=C(N[C@H]1CCNC1)c1ccc2[nH]ccc2c1. The number of carbonyl (C=O) groups is 1. The Labute approximate surface area is 99.4 Å². The molecule has 0 spiro atoms. The van der Waals surface area contributed by atoms with Gasteiger partial charge in [0.05, 0.1) is 0 Å². The molecule has 0 radical (unpaired) electrons. The molecule has 1 fully saturated rings. The second kappa shape index (κ2) is 4.22. The first kappa shape index (κ1) is 10.4. The predicted octanol–water partition coefficient (Wildman–Crippen LogP) is 1.26. The van der Waals surface area contributed by atoms with E-state index in [9.17, 15) is 4.79 Å². The van der Waals surface area contributed by atoms with Gasteiger partial charge in [-0.1, -0.05) is 0 Å². The molecule has 17 heavy (non-hydrogen) atoms. The molecule has 0 saturated carbocycles. The van der Waals surface area contributed by atoms with E-state index in [0.717, 1.165) is 36.0 Å². The Balaban J connectivity index is 1.79. The summed E-state index contributed by atoms with van der Waals surface area (Å²) >= 11 is 0. The van der Waals surface area contributed by atoms with Gasteiger partial charge in [0, 0.05) is 35.2 Å². The minimum absolute atomic E-state index is 0.0156. The highest BCUT2D eigenvalue weighted by Gasteiger charge is 2.17. The van der Waals surface area contributed by atoms with E-state index in [1.165, 1.54) is 0 Å². The van der Waals surface area contributed by atoms with E-state index in [2.05, 4.69) is 15.6 Å². The van der Waals surface area contributed by atoms with Crippen molar-refractivity contribution in [1.29, 1.82) is 0 Å². The summed E-state index contributed by atoms with van der Waals surface area (Å²) in [5.74, 6) is 0.0156. The number of hydrogen-bond donors (Lipinski definition) is 3. The summed E-state index contributed by atoms with van der Waals surface area (Å²) in [7, 11) is 0. The number of aromatic amines is 1. The fourth-order valence-corrected chi connectivity index (χ4v) is 2.24. The Hall–Kier alpha value is -1.81. The molecular weight excluding hydrogens is 214 g/mol. The van der Waals surface area contributed by atoms with Crippen LogP contribution in [0.15, 0.2) is 30.5 Å². The number of hydrogen-bond acceptors (Lipinski definition) is 2. The highest BCUT2D eigenvalue weighted by molar-refractivity contribution is 5.98. The quantitative estimate of drug-likeness (QED) is 0.726. The summed E-state index contributed by atoms with van der Waals surface area (Å²) in [5.41, 5.74) is 1.79. The Morgan fingerprint density at radius 3 is 3.12 bits per heavy atom. The van der Waals surface area contributed by atoms with Crippen LogP contribution in [0.3, 0.4) is 0 Å². The largest absolute Gasteiger partial charge is 0.361 e. The number of fused-ring (bicyclic) bond motifs is 1. The zero-order valence-corrected chi connectivity index (χ0v) is 9.49. The van der Waals surface area contributed by atoms with Crippen molar-refractivity contribution in [3.05, 3.63) is 36.0 Å². The van der Waals surface area contributed by atoms with Crippen molar-refractivity contribution in [2.24, 2.45) is 0 Å². The normalized spacial score (nSPS) is 19.6. The molecule has 1 aromatic heterocycles. The van der Waals surface area contributed by atoms with Gasteiger partial charge in [0.15, 0.2) is 0 Å². The van der Waals surface area contributed by atoms with Crippen molar-refractivity contribution in [2.45, 2.75) is 12.5 Å². The van der Waals surface area contributed by atoms with Crippen LogP contribution >= 0.6 is 0 Å². The van der Waals surface area contributed by atoms with E-state index in [1.807, 2.05) is 30.5 Å². The maximum Gasteiger partial charge on any atom is 0.251 e. The minimum Gasteiger partial charge on any atom is -0.361 e. The molecule has 4 nitrogen and oxygen atoms in total. The third kappa shape index (κ3) is 2.03. The minimum atomic E-state index is 0.0156. The van der Waals surface area contributed by atoms with Gasteiger partial charge in [-0.2, -0.15) is 0 Å². The summed E-state index contributed by atoms with van der Waals surface area (Å²) < 4.78 is 0. The smallest absolute Gasteiger partial charge is 0.251 e. The average Bonchev–Trinajstić information content (AvgIpc) is 2.97. The number of rotatable bonds is 2. The highest BCUT2D eigenvalue weighted by atomic mass is 16.1. The van der Waals surface area contributed by atoms with Gasteiger partial charge in [0.2, 0.25) is 0 Å².